The maximum atomic E-state index is 11.8. The monoisotopic (exact) mass is 279 g/mol. The molecule has 0 spiro atoms. The lowest BCUT2D eigenvalue weighted by Gasteiger charge is -2.06. The van der Waals surface area contributed by atoms with Crippen molar-refractivity contribution in [1.82, 2.24) is 5.32 Å². The number of benzene rings is 1. The van der Waals surface area contributed by atoms with Gasteiger partial charge in [-0.15, -0.1) is 0 Å². The zero-order valence-electron chi connectivity index (χ0n) is 11.3. The molecule has 0 saturated carbocycles. The van der Waals surface area contributed by atoms with Crippen molar-refractivity contribution in [3.8, 4) is 0 Å². The molecule has 3 N–H and O–H groups in total. The normalized spacial score (nSPS) is 13.0. The van der Waals surface area contributed by atoms with Gasteiger partial charge in [-0.25, -0.2) is 4.99 Å². The van der Waals surface area contributed by atoms with Crippen LogP contribution in [0.4, 0.5) is 0 Å². The van der Waals surface area contributed by atoms with Crippen LogP contribution in [0.25, 0.3) is 0 Å². The van der Waals surface area contributed by atoms with Crippen molar-refractivity contribution in [2.75, 3.05) is 18.8 Å². The maximum Gasteiger partial charge on any atom is 0.188 e. The number of nitrogens with one attached hydrogen (secondary N) is 1. The summed E-state index contributed by atoms with van der Waals surface area (Å²) in [5.74, 6) is 1.50. The molecule has 0 bridgehead atoms. The van der Waals surface area contributed by atoms with Gasteiger partial charge in [-0.1, -0.05) is 42.5 Å². The lowest BCUT2D eigenvalue weighted by Crippen LogP contribution is -2.34. The molecule has 104 valence electrons. The third-order valence-corrected chi connectivity index (χ3v) is 3.64. The average molecular weight is 279 g/mol. The first-order chi connectivity index (χ1) is 9.08. The predicted molar refractivity (Wildman–Crippen MR) is 82.5 cm³/mol. The second-order valence-electron chi connectivity index (χ2n) is 4.36. The number of nitrogens with zero attached hydrogens (tertiary/aromatic N) is 1. The van der Waals surface area contributed by atoms with E-state index < -0.39 is 10.8 Å². The molecule has 0 radical (unpaired) electrons. The summed E-state index contributed by atoms with van der Waals surface area (Å²) in [5, 5.41) is 2.95. The summed E-state index contributed by atoms with van der Waals surface area (Å²) in [4.78, 5) is 4.09. The molecular weight excluding hydrogens is 258 g/mol. The molecule has 0 aliphatic heterocycles. The van der Waals surface area contributed by atoms with Gasteiger partial charge in [0.15, 0.2) is 5.96 Å². The van der Waals surface area contributed by atoms with Gasteiger partial charge in [0.05, 0.1) is 6.54 Å². The minimum absolute atomic E-state index is 0.375. The molecule has 0 heterocycles. The second-order valence-corrected chi connectivity index (χ2v) is 5.94. The molecule has 1 aromatic carbocycles. The molecular formula is C14H21N3OS. The Balaban J connectivity index is 2.24. The number of guanidine groups is 1. The van der Waals surface area contributed by atoms with E-state index >= 15 is 0 Å². The van der Waals surface area contributed by atoms with E-state index in [1.165, 1.54) is 0 Å². The second kappa shape index (κ2) is 8.48. The molecule has 0 aliphatic carbocycles. The molecule has 0 aliphatic rings. The lowest BCUT2D eigenvalue weighted by atomic mass is 10.2. The van der Waals surface area contributed by atoms with Gasteiger partial charge >= 0.3 is 0 Å². The van der Waals surface area contributed by atoms with E-state index in [1.807, 2.05) is 37.3 Å². The molecule has 1 atom stereocenters. The van der Waals surface area contributed by atoms with Crippen molar-refractivity contribution in [2.45, 2.75) is 12.7 Å². The molecule has 1 rings (SSSR count). The SMILES string of the molecule is C=C(C)CN=C(N)NCCS(=O)Cc1ccccc1. The number of rotatable bonds is 7. The zero-order chi connectivity index (χ0) is 14.1. The molecule has 0 amide bonds. The van der Waals surface area contributed by atoms with Gasteiger partial charge in [0.2, 0.25) is 0 Å². The fraction of sp³-hybridized carbons (Fsp3) is 0.357. The third-order valence-electron chi connectivity index (χ3n) is 2.33. The van der Waals surface area contributed by atoms with Crippen LogP contribution in [-0.4, -0.2) is 29.0 Å². The van der Waals surface area contributed by atoms with Crippen molar-refractivity contribution in [1.29, 1.82) is 0 Å². The Morgan fingerprint density at radius 3 is 2.74 bits per heavy atom. The molecule has 1 aromatic rings. The van der Waals surface area contributed by atoms with E-state index in [0.717, 1.165) is 11.1 Å². The topological polar surface area (TPSA) is 67.5 Å². The molecule has 1 unspecified atom stereocenters. The fourth-order valence-corrected chi connectivity index (χ4v) is 2.44. The van der Waals surface area contributed by atoms with Crippen molar-refractivity contribution in [2.24, 2.45) is 10.7 Å². The van der Waals surface area contributed by atoms with Crippen LogP contribution >= 0.6 is 0 Å². The minimum Gasteiger partial charge on any atom is -0.370 e. The van der Waals surface area contributed by atoms with Crippen molar-refractivity contribution >= 4 is 16.8 Å². The Bertz CT molecular complexity index is 457. The van der Waals surface area contributed by atoms with Gasteiger partial charge in [-0.05, 0) is 12.5 Å². The molecule has 0 fully saturated rings. The van der Waals surface area contributed by atoms with E-state index in [1.54, 1.807) is 0 Å². The van der Waals surface area contributed by atoms with E-state index in [4.69, 9.17) is 5.73 Å². The highest BCUT2D eigenvalue weighted by Crippen LogP contribution is 2.02. The maximum absolute atomic E-state index is 11.8. The highest BCUT2D eigenvalue weighted by atomic mass is 32.2. The summed E-state index contributed by atoms with van der Waals surface area (Å²) < 4.78 is 11.8. The van der Waals surface area contributed by atoms with Gasteiger partial charge in [0, 0.05) is 28.9 Å². The summed E-state index contributed by atoms with van der Waals surface area (Å²) in [6.07, 6.45) is 0. The largest absolute Gasteiger partial charge is 0.370 e. The van der Waals surface area contributed by atoms with Crippen molar-refractivity contribution in [3.05, 3.63) is 48.0 Å². The number of hydrogen-bond acceptors (Lipinski definition) is 2. The van der Waals surface area contributed by atoms with E-state index in [0.29, 0.717) is 30.6 Å². The molecule has 0 saturated heterocycles. The number of hydrogen-bond donors (Lipinski definition) is 2. The van der Waals surface area contributed by atoms with Crippen LogP contribution in [0.1, 0.15) is 12.5 Å². The van der Waals surface area contributed by atoms with Crippen LogP contribution in [0.15, 0.2) is 47.5 Å². The van der Waals surface area contributed by atoms with Gasteiger partial charge in [0.1, 0.15) is 0 Å². The van der Waals surface area contributed by atoms with Gasteiger partial charge in [-0.3, -0.25) is 4.21 Å². The fourth-order valence-electron chi connectivity index (χ4n) is 1.40. The Morgan fingerprint density at radius 1 is 1.42 bits per heavy atom. The molecule has 4 nitrogen and oxygen atoms in total. The number of aliphatic imine (C=N–C) groups is 1. The van der Waals surface area contributed by atoms with Crippen molar-refractivity contribution in [3.63, 3.8) is 0 Å². The van der Waals surface area contributed by atoms with Gasteiger partial charge < -0.3 is 11.1 Å². The van der Waals surface area contributed by atoms with Crippen LogP contribution in [0, 0.1) is 0 Å². The predicted octanol–water partition coefficient (Wildman–Crippen LogP) is 1.42. The Morgan fingerprint density at radius 2 is 2.11 bits per heavy atom. The first kappa shape index (κ1) is 15.4. The number of nitrogens with two attached hydrogens (primary N) is 1. The van der Waals surface area contributed by atoms with Gasteiger partial charge in [-0.2, -0.15) is 0 Å². The minimum atomic E-state index is -0.891. The van der Waals surface area contributed by atoms with Crippen LogP contribution in [0.2, 0.25) is 0 Å². The molecule has 19 heavy (non-hydrogen) atoms. The first-order valence-corrected chi connectivity index (χ1v) is 7.64. The molecule has 0 aromatic heterocycles. The van der Waals surface area contributed by atoms with Gasteiger partial charge in [0.25, 0.3) is 0 Å². The third kappa shape index (κ3) is 7.41. The summed E-state index contributed by atoms with van der Waals surface area (Å²) in [6.45, 7) is 6.72. The lowest BCUT2D eigenvalue weighted by molar-refractivity contribution is 0.681. The van der Waals surface area contributed by atoms with Crippen LogP contribution in [0.3, 0.4) is 0 Å². The quantitative estimate of drug-likeness (QED) is 0.450. The van der Waals surface area contributed by atoms with Crippen LogP contribution in [-0.2, 0) is 16.6 Å². The van der Waals surface area contributed by atoms with E-state index in [2.05, 4.69) is 16.9 Å². The van der Waals surface area contributed by atoms with E-state index in [9.17, 15) is 4.21 Å². The smallest absolute Gasteiger partial charge is 0.188 e. The Labute approximate surface area is 117 Å². The zero-order valence-corrected chi connectivity index (χ0v) is 12.1. The van der Waals surface area contributed by atoms with Crippen molar-refractivity contribution < 1.29 is 4.21 Å². The van der Waals surface area contributed by atoms with Crippen LogP contribution in [0.5, 0.6) is 0 Å². The summed E-state index contributed by atoms with van der Waals surface area (Å²) in [5.41, 5.74) is 7.70. The van der Waals surface area contributed by atoms with E-state index in [-0.39, 0.29) is 0 Å². The standard InChI is InChI=1S/C14H21N3OS/c1-12(2)10-17-14(15)16-8-9-19(18)11-13-6-4-3-5-7-13/h3-7H,1,8-11H2,2H3,(H3,15,16,17). The highest BCUT2D eigenvalue weighted by Gasteiger charge is 2.01. The highest BCUT2D eigenvalue weighted by molar-refractivity contribution is 7.84. The summed E-state index contributed by atoms with van der Waals surface area (Å²) >= 11 is 0. The summed E-state index contributed by atoms with van der Waals surface area (Å²) in [7, 11) is -0.891. The molecule has 5 heteroatoms. The Kier molecular flexibility index (Phi) is 6.89. The Hall–Kier alpha value is -1.62. The first-order valence-electron chi connectivity index (χ1n) is 6.15. The average Bonchev–Trinajstić information content (AvgIpc) is 2.37. The van der Waals surface area contributed by atoms with Crippen LogP contribution < -0.4 is 11.1 Å². The summed E-state index contributed by atoms with van der Waals surface area (Å²) in [6, 6.07) is 9.81.